The lowest BCUT2D eigenvalue weighted by Gasteiger charge is -2.27. The first-order valence-electron chi connectivity index (χ1n) is 13.1. The Morgan fingerprint density at radius 1 is 0.950 bits per heavy atom. The number of nitriles is 1. The van der Waals surface area contributed by atoms with Crippen LogP contribution in [0.5, 0.6) is 34.5 Å². The third-order valence-corrected chi connectivity index (χ3v) is 6.19. The van der Waals surface area contributed by atoms with Crippen molar-refractivity contribution in [3.8, 4) is 40.6 Å². The van der Waals surface area contributed by atoms with Gasteiger partial charge < -0.3 is 34.2 Å². The van der Waals surface area contributed by atoms with Crippen LogP contribution in [0, 0.1) is 11.3 Å². The van der Waals surface area contributed by atoms with Crippen molar-refractivity contribution in [1.82, 2.24) is 0 Å². The quantitative estimate of drug-likeness (QED) is 0.179. The van der Waals surface area contributed by atoms with Crippen LogP contribution in [0.2, 0.25) is 0 Å². The molecule has 208 valence electrons. The molecule has 3 aromatic carbocycles. The molecule has 9 heteroatoms. The first-order chi connectivity index (χ1) is 19.5. The number of ether oxygens (including phenoxy) is 6. The number of esters is 1. The molecule has 3 aromatic rings. The van der Waals surface area contributed by atoms with Crippen LogP contribution in [-0.2, 0) is 4.79 Å². The van der Waals surface area contributed by atoms with E-state index >= 15 is 0 Å². The lowest BCUT2D eigenvalue weighted by atomic mass is 9.83. The van der Waals surface area contributed by atoms with Crippen LogP contribution in [0.3, 0.4) is 0 Å². The molecule has 0 fully saturated rings. The topological polar surface area (TPSA) is 122 Å². The number of fused-ring (bicyclic) bond motifs is 1. The van der Waals surface area contributed by atoms with Crippen molar-refractivity contribution in [2.45, 2.75) is 32.6 Å². The van der Waals surface area contributed by atoms with E-state index in [4.69, 9.17) is 34.2 Å². The normalized spacial score (nSPS) is 13.9. The molecule has 0 saturated heterocycles. The Hall–Kier alpha value is -4.84. The van der Waals surface area contributed by atoms with Crippen molar-refractivity contribution in [1.29, 1.82) is 5.26 Å². The number of nitrogens with two attached hydrogens (primary N) is 1. The Bertz CT molecular complexity index is 1410. The number of benzene rings is 3. The van der Waals surface area contributed by atoms with Gasteiger partial charge in [-0.2, -0.15) is 5.26 Å². The number of carbonyl (C=O) groups is 1. The Kier molecular flexibility index (Phi) is 9.36. The van der Waals surface area contributed by atoms with Crippen LogP contribution in [-0.4, -0.2) is 32.9 Å². The molecule has 1 unspecified atom stereocenters. The van der Waals surface area contributed by atoms with Gasteiger partial charge in [-0.15, -0.1) is 0 Å². The zero-order valence-electron chi connectivity index (χ0n) is 22.8. The van der Waals surface area contributed by atoms with Gasteiger partial charge in [-0.1, -0.05) is 25.5 Å². The van der Waals surface area contributed by atoms with E-state index in [1.165, 1.54) is 0 Å². The maximum absolute atomic E-state index is 12.4. The summed E-state index contributed by atoms with van der Waals surface area (Å²) in [5.41, 5.74) is 7.92. The number of allylic oxidation sites excluding steroid dienone is 1. The van der Waals surface area contributed by atoms with E-state index in [0.29, 0.717) is 47.5 Å². The van der Waals surface area contributed by atoms with E-state index in [-0.39, 0.29) is 23.8 Å². The highest BCUT2D eigenvalue weighted by Gasteiger charge is 2.32. The second-order valence-corrected chi connectivity index (χ2v) is 8.90. The lowest BCUT2D eigenvalue weighted by Crippen LogP contribution is -2.22. The van der Waals surface area contributed by atoms with Crippen molar-refractivity contribution in [3.63, 3.8) is 0 Å². The van der Waals surface area contributed by atoms with Gasteiger partial charge in [0.2, 0.25) is 5.88 Å². The van der Waals surface area contributed by atoms with E-state index in [1.54, 1.807) is 49.6 Å². The molecule has 9 nitrogen and oxygen atoms in total. The number of rotatable bonds is 12. The van der Waals surface area contributed by atoms with Crippen molar-refractivity contribution < 1.29 is 33.2 Å². The highest BCUT2D eigenvalue weighted by Crippen LogP contribution is 2.45. The fourth-order valence-electron chi connectivity index (χ4n) is 4.24. The highest BCUT2D eigenvalue weighted by molar-refractivity contribution is 5.74. The van der Waals surface area contributed by atoms with Crippen molar-refractivity contribution in [3.05, 3.63) is 83.2 Å². The number of unbranched alkanes of at least 4 members (excludes halogenated alkanes) is 1. The van der Waals surface area contributed by atoms with E-state index in [0.717, 1.165) is 18.4 Å². The fourth-order valence-corrected chi connectivity index (χ4v) is 4.24. The van der Waals surface area contributed by atoms with Gasteiger partial charge in [0, 0.05) is 11.6 Å². The first kappa shape index (κ1) is 28.2. The SMILES string of the molecule is CCCCOc1ccc(C2C(C#N)=C(N)Oc3cc(OC(=O)COc4ccc(OC)cc4)ccc32)cc1OCC. The van der Waals surface area contributed by atoms with Gasteiger partial charge in [-0.25, -0.2) is 4.79 Å². The summed E-state index contributed by atoms with van der Waals surface area (Å²) in [6, 6.07) is 19.6. The van der Waals surface area contributed by atoms with Gasteiger partial charge in [-0.05, 0) is 61.4 Å². The minimum absolute atomic E-state index is 0.0208. The molecule has 2 N–H and O–H groups in total. The van der Waals surface area contributed by atoms with E-state index in [2.05, 4.69) is 13.0 Å². The predicted octanol–water partition coefficient (Wildman–Crippen LogP) is 5.48. The second kappa shape index (κ2) is 13.3. The standard InChI is InChI=1S/C31H32N2O7/c1-4-6-15-37-26-14-7-20(16-28(26)36-5-2)30-24-13-12-23(17-27(24)40-31(33)25(30)18-32)39-29(34)19-38-22-10-8-21(35-3)9-11-22/h7-14,16-17,30H,4-6,15,19,33H2,1-3H3. The Labute approximate surface area is 233 Å². The molecule has 1 atom stereocenters. The summed E-state index contributed by atoms with van der Waals surface area (Å²) in [6.07, 6.45) is 1.95. The second-order valence-electron chi connectivity index (χ2n) is 8.90. The number of carbonyl (C=O) groups excluding carboxylic acids is 1. The largest absolute Gasteiger partial charge is 0.497 e. The smallest absolute Gasteiger partial charge is 0.349 e. The number of hydrogen-bond donors (Lipinski definition) is 1. The molecule has 0 saturated carbocycles. The van der Waals surface area contributed by atoms with E-state index < -0.39 is 11.9 Å². The Morgan fingerprint density at radius 2 is 1.70 bits per heavy atom. The average molecular weight is 545 g/mol. The summed E-state index contributed by atoms with van der Waals surface area (Å²) in [6.45, 7) is 4.74. The van der Waals surface area contributed by atoms with Crippen LogP contribution < -0.4 is 34.2 Å². The molecule has 4 rings (SSSR count). The summed E-state index contributed by atoms with van der Waals surface area (Å²) in [4.78, 5) is 12.4. The minimum atomic E-state index is -0.593. The van der Waals surface area contributed by atoms with Crippen LogP contribution in [0.1, 0.15) is 43.7 Å². The lowest BCUT2D eigenvalue weighted by molar-refractivity contribution is -0.136. The van der Waals surface area contributed by atoms with Crippen LogP contribution in [0.15, 0.2) is 72.1 Å². The molecule has 1 heterocycles. The molecule has 0 aliphatic carbocycles. The van der Waals surface area contributed by atoms with Crippen molar-refractivity contribution in [2.75, 3.05) is 26.9 Å². The summed E-state index contributed by atoms with van der Waals surface area (Å²) < 4.78 is 33.6. The third-order valence-electron chi connectivity index (χ3n) is 6.19. The molecular weight excluding hydrogens is 512 g/mol. The van der Waals surface area contributed by atoms with Gasteiger partial charge in [0.25, 0.3) is 0 Å². The van der Waals surface area contributed by atoms with Crippen LogP contribution in [0.25, 0.3) is 0 Å². The van der Waals surface area contributed by atoms with Gasteiger partial charge in [0.05, 0.1) is 26.2 Å². The van der Waals surface area contributed by atoms with Crippen LogP contribution in [0.4, 0.5) is 0 Å². The molecule has 0 aromatic heterocycles. The molecular formula is C31H32N2O7. The molecule has 0 amide bonds. The maximum Gasteiger partial charge on any atom is 0.349 e. The summed E-state index contributed by atoms with van der Waals surface area (Å²) in [5, 5.41) is 9.93. The minimum Gasteiger partial charge on any atom is -0.497 e. The number of nitrogens with zero attached hydrogens (tertiary/aromatic N) is 1. The first-order valence-corrected chi connectivity index (χ1v) is 13.1. The van der Waals surface area contributed by atoms with Gasteiger partial charge in [0.1, 0.15) is 34.6 Å². The Morgan fingerprint density at radius 3 is 2.40 bits per heavy atom. The van der Waals surface area contributed by atoms with Gasteiger partial charge in [0.15, 0.2) is 18.1 Å². The monoisotopic (exact) mass is 544 g/mol. The molecule has 0 bridgehead atoms. The fraction of sp³-hybridized carbons (Fsp3) is 0.290. The van der Waals surface area contributed by atoms with Gasteiger partial charge in [-0.3, -0.25) is 0 Å². The predicted molar refractivity (Wildman–Crippen MR) is 148 cm³/mol. The number of methoxy groups -OCH3 is 1. The van der Waals surface area contributed by atoms with Crippen molar-refractivity contribution in [2.24, 2.45) is 5.73 Å². The molecule has 40 heavy (non-hydrogen) atoms. The third kappa shape index (κ3) is 6.59. The molecule has 1 aliphatic rings. The number of hydrogen-bond acceptors (Lipinski definition) is 9. The summed E-state index contributed by atoms with van der Waals surface area (Å²) >= 11 is 0. The molecule has 0 spiro atoms. The zero-order chi connectivity index (χ0) is 28.5. The average Bonchev–Trinajstić information content (AvgIpc) is 2.96. The molecule has 0 radical (unpaired) electrons. The molecule has 1 aliphatic heterocycles. The van der Waals surface area contributed by atoms with E-state index in [1.807, 2.05) is 25.1 Å². The maximum atomic E-state index is 12.4. The van der Waals surface area contributed by atoms with Crippen molar-refractivity contribution >= 4 is 5.97 Å². The zero-order valence-corrected chi connectivity index (χ0v) is 22.8. The van der Waals surface area contributed by atoms with E-state index in [9.17, 15) is 10.1 Å². The van der Waals surface area contributed by atoms with Gasteiger partial charge >= 0.3 is 5.97 Å². The van der Waals surface area contributed by atoms with Crippen LogP contribution >= 0.6 is 0 Å². The summed E-state index contributed by atoms with van der Waals surface area (Å²) in [5.74, 6) is 1.92. The Balaban J connectivity index is 1.55. The highest BCUT2D eigenvalue weighted by atomic mass is 16.6. The summed E-state index contributed by atoms with van der Waals surface area (Å²) in [7, 11) is 1.57.